The second-order valence-corrected chi connectivity index (χ2v) is 6.31. The van der Waals surface area contributed by atoms with Crippen LogP contribution in [0.25, 0.3) is 0 Å². The Hall–Kier alpha value is -1.69. The molecule has 2 saturated heterocycles. The van der Waals surface area contributed by atoms with Crippen molar-refractivity contribution in [3.8, 4) is 0 Å². The monoisotopic (exact) mass is 302 g/mol. The van der Waals surface area contributed by atoms with Gasteiger partial charge in [-0.05, 0) is 32.1 Å². The van der Waals surface area contributed by atoms with Crippen LogP contribution in [0.2, 0.25) is 0 Å². The number of anilines is 1. The summed E-state index contributed by atoms with van der Waals surface area (Å²) < 4.78 is 5.75. The summed E-state index contributed by atoms with van der Waals surface area (Å²) in [4.78, 5) is 25.6. The summed E-state index contributed by atoms with van der Waals surface area (Å²) in [7, 11) is 0. The number of aromatic nitrogens is 2. The van der Waals surface area contributed by atoms with Crippen LogP contribution in [0.15, 0.2) is 6.33 Å². The highest BCUT2D eigenvalue weighted by molar-refractivity contribution is 5.82. The summed E-state index contributed by atoms with van der Waals surface area (Å²) in [5.41, 5.74) is 2.45. The van der Waals surface area contributed by atoms with E-state index in [1.807, 2.05) is 4.90 Å². The first-order chi connectivity index (χ1) is 10.8. The lowest BCUT2D eigenvalue weighted by molar-refractivity contribution is -0.143. The molecular formula is C16H22N4O2. The van der Waals surface area contributed by atoms with Gasteiger partial charge in [-0.3, -0.25) is 4.79 Å². The highest BCUT2D eigenvalue weighted by atomic mass is 16.5. The SMILES string of the molecule is O=C(C1CN(c2ncnc3c2CCC3)CCO1)N1CCCC1. The van der Waals surface area contributed by atoms with E-state index in [-0.39, 0.29) is 12.0 Å². The summed E-state index contributed by atoms with van der Waals surface area (Å²) in [6.45, 7) is 3.75. The van der Waals surface area contributed by atoms with Crippen molar-refractivity contribution in [1.82, 2.24) is 14.9 Å². The Balaban J connectivity index is 1.51. The van der Waals surface area contributed by atoms with Gasteiger partial charge in [-0.2, -0.15) is 0 Å². The minimum Gasteiger partial charge on any atom is -0.365 e. The Morgan fingerprint density at radius 2 is 2.00 bits per heavy atom. The molecule has 0 aromatic carbocycles. The summed E-state index contributed by atoms with van der Waals surface area (Å²) >= 11 is 0. The molecule has 6 nitrogen and oxygen atoms in total. The van der Waals surface area contributed by atoms with E-state index >= 15 is 0 Å². The van der Waals surface area contributed by atoms with Gasteiger partial charge in [0, 0.05) is 30.9 Å². The third-order valence-corrected chi connectivity index (χ3v) is 4.91. The summed E-state index contributed by atoms with van der Waals surface area (Å²) in [6.07, 6.45) is 6.79. The Morgan fingerprint density at radius 3 is 2.86 bits per heavy atom. The average molecular weight is 302 g/mol. The van der Waals surface area contributed by atoms with E-state index in [1.165, 1.54) is 11.3 Å². The molecule has 2 fully saturated rings. The van der Waals surface area contributed by atoms with Crippen LogP contribution < -0.4 is 4.90 Å². The zero-order chi connectivity index (χ0) is 14.9. The molecule has 0 saturated carbocycles. The molecule has 2 aliphatic heterocycles. The molecule has 0 N–H and O–H groups in total. The average Bonchev–Trinajstić information content (AvgIpc) is 3.25. The van der Waals surface area contributed by atoms with Crippen molar-refractivity contribution in [2.45, 2.75) is 38.2 Å². The van der Waals surface area contributed by atoms with Crippen molar-refractivity contribution >= 4 is 11.7 Å². The van der Waals surface area contributed by atoms with E-state index in [4.69, 9.17) is 4.74 Å². The number of likely N-dealkylation sites (tertiary alicyclic amines) is 1. The van der Waals surface area contributed by atoms with Crippen LogP contribution in [-0.2, 0) is 22.4 Å². The zero-order valence-electron chi connectivity index (χ0n) is 12.8. The van der Waals surface area contributed by atoms with Crippen LogP contribution in [-0.4, -0.2) is 59.7 Å². The van der Waals surface area contributed by atoms with Crippen LogP contribution in [0, 0.1) is 0 Å². The molecule has 0 spiro atoms. The number of hydrogen-bond acceptors (Lipinski definition) is 5. The number of morpholine rings is 1. The van der Waals surface area contributed by atoms with E-state index < -0.39 is 0 Å². The van der Waals surface area contributed by atoms with Gasteiger partial charge in [0.05, 0.1) is 13.2 Å². The maximum Gasteiger partial charge on any atom is 0.253 e. The second-order valence-electron chi connectivity index (χ2n) is 6.31. The summed E-state index contributed by atoms with van der Waals surface area (Å²) in [5.74, 6) is 1.16. The summed E-state index contributed by atoms with van der Waals surface area (Å²) in [6, 6.07) is 0. The van der Waals surface area contributed by atoms with Gasteiger partial charge in [0.15, 0.2) is 6.10 Å². The Kier molecular flexibility index (Phi) is 3.70. The summed E-state index contributed by atoms with van der Waals surface area (Å²) in [5, 5.41) is 0. The molecule has 22 heavy (non-hydrogen) atoms. The molecule has 1 aromatic rings. The Morgan fingerprint density at radius 1 is 1.14 bits per heavy atom. The molecule has 3 aliphatic rings. The number of amides is 1. The number of hydrogen-bond donors (Lipinski definition) is 0. The van der Waals surface area contributed by atoms with Crippen LogP contribution in [0.4, 0.5) is 5.82 Å². The molecule has 4 rings (SSSR count). The smallest absolute Gasteiger partial charge is 0.253 e. The second kappa shape index (κ2) is 5.83. The minimum atomic E-state index is -0.348. The number of fused-ring (bicyclic) bond motifs is 1. The van der Waals surface area contributed by atoms with Crippen LogP contribution in [0.3, 0.4) is 0 Å². The van der Waals surface area contributed by atoms with Gasteiger partial charge in [-0.15, -0.1) is 0 Å². The lowest BCUT2D eigenvalue weighted by Crippen LogP contribution is -2.51. The lowest BCUT2D eigenvalue weighted by Gasteiger charge is -2.35. The number of aryl methyl sites for hydroxylation is 1. The fraction of sp³-hybridized carbons (Fsp3) is 0.688. The van der Waals surface area contributed by atoms with Gasteiger partial charge in [0.2, 0.25) is 0 Å². The highest BCUT2D eigenvalue weighted by Crippen LogP contribution is 2.29. The number of nitrogens with zero attached hydrogens (tertiary/aromatic N) is 4. The van der Waals surface area contributed by atoms with Crippen LogP contribution in [0.1, 0.15) is 30.5 Å². The van der Waals surface area contributed by atoms with Crippen LogP contribution >= 0.6 is 0 Å². The van der Waals surface area contributed by atoms with E-state index in [0.29, 0.717) is 13.2 Å². The number of carbonyl (C=O) groups is 1. The molecular weight excluding hydrogens is 280 g/mol. The third kappa shape index (κ3) is 2.45. The van der Waals surface area contributed by atoms with Gasteiger partial charge in [-0.1, -0.05) is 0 Å². The lowest BCUT2D eigenvalue weighted by atomic mass is 10.2. The first kappa shape index (κ1) is 13.9. The van der Waals surface area contributed by atoms with E-state index in [2.05, 4.69) is 14.9 Å². The fourth-order valence-corrected chi connectivity index (χ4v) is 3.75. The van der Waals surface area contributed by atoms with Gasteiger partial charge >= 0.3 is 0 Å². The molecule has 1 amide bonds. The zero-order valence-corrected chi connectivity index (χ0v) is 12.8. The number of ether oxygens (including phenoxy) is 1. The molecule has 1 aromatic heterocycles. The molecule has 1 atom stereocenters. The topological polar surface area (TPSA) is 58.6 Å². The normalized spacial score (nSPS) is 24.6. The maximum absolute atomic E-state index is 12.6. The van der Waals surface area contributed by atoms with E-state index in [0.717, 1.165) is 57.6 Å². The maximum atomic E-state index is 12.6. The predicted molar refractivity (Wildman–Crippen MR) is 81.8 cm³/mol. The molecule has 1 unspecified atom stereocenters. The first-order valence-electron chi connectivity index (χ1n) is 8.31. The van der Waals surface area contributed by atoms with Gasteiger partial charge in [0.25, 0.3) is 5.91 Å². The number of rotatable bonds is 2. The minimum absolute atomic E-state index is 0.146. The molecule has 0 radical (unpaired) electrons. The highest BCUT2D eigenvalue weighted by Gasteiger charge is 2.33. The molecule has 1 aliphatic carbocycles. The largest absolute Gasteiger partial charge is 0.365 e. The van der Waals surface area contributed by atoms with Crippen molar-refractivity contribution in [2.24, 2.45) is 0 Å². The van der Waals surface area contributed by atoms with Gasteiger partial charge in [0.1, 0.15) is 12.1 Å². The van der Waals surface area contributed by atoms with Crippen LogP contribution in [0.5, 0.6) is 0 Å². The molecule has 118 valence electrons. The molecule has 0 bridgehead atoms. The van der Waals surface area contributed by atoms with Crippen molar-refractivity contribution in [1.29, 1.82) is 0 Å². The number of carbonyl (C=O) groups excluding carboxylic acids is 1. The van der Waals surface area contributed by atoms with Gasteiger partial charge in [-0.25, -0.2) is 9.97 Å². The van der Waals surface area contributed by atoms with E-state index in [1.54, 1.807) is 6.33 Å². The predicted octanol–water partition coefficient (Wildman–Crippen LogP) is 0.793. The van der Waals surface area contributed by atoms with Crippen molar-refractivity contribution in [3.05, 3.63) is 17.6 Å². The standard InChI is InChI=1S/C16H22N4O2/c21-16(19-6-1-2-7-19)14-10-20(8-9-22-14)15-12-4-3-5-13(12)17-11-18-15/h11,14H,1-10H2. The Bertz CT molecular complexity index is 571. The first-order valence-corrected chi connectivity index (χ1v) is 8.31. The van der Waals surface area contributed by atoms with E-state index in [9.17, 15) is 4.79 Å². The van der Waals surface area contributed by atoms with Gasteiger partial charge < -0.3 is 14.5 Å². The van der Waals surface area contributed by atoms with Crippen molar-refractivity contribution in [3.63, 3.8) is 0 Å². The Labute approximate surface area is 130 Å². The third-order valence-electron chi connectivity index (χ3n) is 4.91. The fourth-order valence-electron chi connectivity index (χ4n) is 3.75. The van der Waals surface area contributed by atoms with Crippen molar-refractivity contribution < 1.29 is 9.53 Å². The van der Waals surface area contributed by atoms with Crippen molar-refractivity contribution in [2.75, 3.05) is 37.7 Å². The molecule has 6 heteroatoms. The quantitative estimate of drug-likeness (QED) is 0.808. The molecule has 3 heterocycles.